The van der Waals surface area contributed by atoms with Crippen molar-refractivity contribution in [2.75, 3.05) is 44.2 Å². The predicted molar refractivity (Wildman–Crippen MR) is 82.2 cm³/mol. The lowest BCUT2D eigenvalue weighted by Crippen LogP contribution is -2.47. The van der Waals surface area contributed by atoms with E-state index in [2.05, 4.69) is 46.0 Å². The van der Waals surface area contributed by atoms with Gasteiger partial charge in [0.2, 0.25) is 0 Å². The summed E-state index contributed by atoms with van der Waals surface area (Å²) >= 11 is 0. The molecule has 1 fully saturated rings. The van der Waals surface area contributed by atoms with E-state index < -0.39 is 0 Å². The normalized spacial score (nSPS) is 16.8. The van der Waals surface area contributed by atoms with E-state index in [0.717, 1.165) is 38.2 Å². The van der Waals surface area contributed by atoms with Gasteiger partial charge in [-0.15, -0.1) is 0 Å². The van der Waals surface area contributed by atoms with Gasteiger partial charge in [-0.2, -0.15) is 0 Å². The number of nitrogens with zero attached hydrogens (tertiary/aromatic N) is 3. The van der Waals surface area contributed by atoms with Crippen molar-refractivity contribution >= 4 is 16.6 Å². The summed E-state index contributed by atoms with van der Waals surface area (Å²) < 4.78 is 0. The van der Waals surface area contributed by atoms with Crippen LogP contribution in [0.5, 0.6) is 0 Å². The third-order valence-corrected chi connectivity index (χ3v) is 4.00. The average Bonchev–Trinajstić information content (AvgIpc) is 2.48. The molecule has 1 aliphatic heterocycles. The second-order valence-electron chi connectivity index (χ2n) is 5.40. The minimum atomic E-state index is 0.247. The molecule has 4 heteroatoms. The van der Waals surface area contributed by atoms with E-state index in [1.54, 1.807) is 0 Å². The van der Waals surface area contributed by atoms with Crippen LogP contribution in [0, 0.1) is 6.92 Å². The molecule has 0 atom stereocenters. The molecule has 1 aromatic carbocycles. The number of aromatic nitrogens is 1. The van der Waals surface area contributed by atoms with Gasteiger partial charge in [0.15, 0.2) is 0 Å². The van der Waals surface area contributed by atoms with Crippen LogP contribution in [-0.4, -0.2) is 54.3 Å². The molecular formula is C16H21N3O. The quantitative estimate of drug-likeness (QED) is 0.921. The van der Waals surface area contributed by atoms with Gasteiger partial charge in [-0.3, -0.25) is 9.88 Å². The molecule has 106 valence electrons. The molecule has 2 heterocycles. The van der Waals surface area contributed by atoms with E-state index in [4.69, 9.17) is 5.11 Å². The summed E-state index contributed by atoms with van der Waals surface area (Å²) in [5, 5.41) is 10.2. The number of benzene rings is 1. The molecule has 1 saturated heterocycles. The lowest BCUT2D eigenvalue weighted by Gasteiger charge is -2.36. The van der Waals surface area contributed by atoms with Gasteiger partial charge in [-0.25, -0.2) is 0 Å². The van der Waals surface area contributed by atoms with Crippen LogP contribution >= 0.6 is 0 Å². The number of pyridine rings is 1. The van der Waals surface area contributed by atoms with Gasteiger partial charge in [0.1, 0.15) is 0 Å². The predicted octanol–water partition coefficient (Wildman–Crippen LogP) is 1.66. The number of anilines is 1. The molecule has 1 aromatic heterocycles. The molecular weight excluding hydrogens is 250 g/mol. The number of β-amino-alcohol motifs (C(OH)–C–C–N with tert-alkyl or cyclic N) is 1. The largest absolute Gasteiger partial charge is 0.395 e. The molecule has 3 rings (SSSR count). The summed E-state index contributed by atoms with van der Waals surface area (Å²) in [6.07, 6.45) is 1.90. The summed E-state index contributed by atoms with van der Waals surface area (Å²) in [6, 6.07) is 8.54. The lowest BCUT2D eigenvalue weighted by atomic mass is 10.1. The molecule has 20 heavy (non-hydrogen) atoms. The van der Waals surface area contributed by atoms with Crippen LogP contribution in [0.15, 0.2) is 30.5 Å². The number of aliphatic hydroxyl groups is 1. The molecule has 4 nitrogen and oxygen atoms in total. The van der Waals surface area contributed by atoms with Gasteiger partial charge in [0.05, 0.1) is 12.1 Å². The van der Waals surface area contributed by atoms with Crippen LogP contribution in [0.4, 0.5) is 5.69 Å². The molecule has 1 N–H and O–H groups in total. The zero-order chi connectivity index (χ0) is 13.9. The van der Waals surface area contributed by atoms with Gasteiger partial charge < -0.3 is 10.0 Å². The Hall–Kier alpha value is -1.65. The van der Waals surface area contributed by atoms with E-state index in [-0.39, 0.29) is 6.61 Å². The van der Waals surface area contributed by atoms with Crippen LogP contribution in [0.1, 0.15) is 5.56 Å². The summed E-state index contributed by atoms with van der Waals surface area (Å²) in [5.41, 5.74) is 3.61. The Labute approximate surface area is 119 Å². The fraction of sp³-hybridized carbons (Fsp3) is 0.438. The number of rotatable bonds is 3. The van der Waals surface area contributed by atoms with Crippen LogP contribution in [0.3, 0.4) is 0 Å². The number of fused-ring (bicyclic) bond motifs is 1. The van der Waals surface area contributed by atoms with Crippen molar-refractivity contribution < 1.29 is 5.11 Å². The van der Waals surface area contributed by atoms with Crippen molar-refractivity contribution in [1.29, 1.82) is 0 Å². The van der Waals surface area contributed by atoms with Crippen molar-refractivity contribution in [3.8, 4) is 0 Å². The Balaban J connectivity index is 1.86. The van der Waals surface area contributed by atoms with Gasteiger partial charge in [-0.05, 0) is 25.1 Å². The van der Waals surface area contributed by atoms with Crippen molar-refractivity contribution in [1.82, 2.24) is 9.88 Å². The second kappa shape index (κ2) is 5.77. The summed E-state index contributed by atoms with van der Waals surface area (Å²) in [6.45, 7) is 7.18. The fourth-order valence-corrected chi connectivity index (χ4v) is 2.88. The maximum atomic E-state index is 9.01. The number of piperazine rings is 1. The number of aryl methyl sites for hydroxylation is 1. The monoisotopic (exact) mass is 271 g/mol. The van der Waals surface area contributed by atoms with Gasteiger partial charge in [0, 0.05) is 50.0 Å². The topological polar surface area (TPSA) is 39.6 Å². The zero-order valence-corrected chi connectivity index (χ0v) is 11.9. The standard InChI is InChI=1S/C16H21N3O/c1-13-2-3-15-14(12-13)16(4-5-17-15)19-8-6-18(7-9-19)10-11-20/h2-5,12,20H,6-11H2,1H3. The first-order valence-electron chi connectivity index (χ1n) is 7.21. The minimum absolute atomic E-state index is 0.247. The average molecular weight is 271 g/mol. The molecule has 1 aliphatic rings. The molecule has 0 unspecified atom stereocenters. The van der Waals surface area contributed by atoms with Crippen molar-refractivity contribution in [3.05, 3.63) is 36.0 Å². The van der Waals surface area contributed by atoms with E-state index in [1.807, 2.05) is 6.20 Å². The molecule has 0 bridgehead atoms. The molecule has 0 spiro atoms. The van der Waals surface area contributed by atoms with Crippen LogP contribution < -0.4 is 4.90 Å². The zero-order valence-electron chi connectivity index (χ0n) is 11.9. The highest BCUT2D eigenvalue weighted by Gasteiger charge is 2.18. The lowest BCUT2D eigenvalue weighted by molar-refractivity contribution is 0.189. The van der Waals surface area contributed by atoms with E-state index in [1.165, 1.54) is 16.6 Å². The molecule has 0 radical (unpaired) electrons. The molecule has 2 aromatic rings. The van der Waals surface area contributed by atoms with Gasteiger partial charge >= 0.3 is 0 Å². The van der Waals surface area contributed by atoms with E-state index in [9.17, 15) is 0 Å². The maximum Gasteiger partial charge on any atom is 0.0722 e. The first kappa shape index (κ1) is 13.3. The Morgan fingerprint density at radius 3 is 2.70 bits per heavy atom. The fourth-order valence-electron chi connectivity index (χ4n) is 2.88. The van der Waals surface area contributed by atoms with Crippen LogP contribution in [0.25, 0.3) is 10.9 Å². The first-order chi connectivity index (χ1) is 9.78. The Morgan fingerprint density at radius 1 is 1.15 bits per heavy atom. The third-order valence-electron chi connectivity index (χ3n) is 4.00. The third kappa shape index (κ3) is 2.62. The van der Waals surface area contributed by atoms with Crippen molar-refractivity contribution in [2.24, 2.45) is 0 Å². The highest BCUT2D eigenvalue weighted by molar-refractivity contribution is 5.92. The smallest absolute Gasteiger partial charge is 0.0722 e. The minimum Gasteiger partial charge on any atom is -0.395 e. The number of hydrogen-bond acceptors (Lipinski definition) is 4. The van der Waals surface area contributed by atoms with Crippen molar-refractivity contribution in [2.45, 2.75) is 6.92 Å². The van der Waals surface area contributed by atoms with Crippen LogP contribution in [-0.2, 0) is 0 Å². The summed E-state index contributed by atoms with van der Waals surface area (Å²) in [4.78, 5) is 9.19. The van der Waals surface area contributed by atoms with Crippen molar-refractivity contribution in [3.63, 3.8) is 0 Å². The SMILES string of the molecule is Cc1ccc2nccc(N3CCN(CCO)CC3)c2c1. The number of aliphatic hydroxyl groups excluding tert-OH is 1. The first-order valence-corrected chi connectivity index (χ1v) is 7.21. The summed E-state index contributed by atoms with van der Waals surface area (Å²) in [5.74, 6) is 0. The second-order valence-corrected chi connectivity index (χ2v) is 5.40. The Bertz CT molecular complexity index is 591. The van der Waals surface area contributed by atoms with Gasteiger partial charge in [-0.1, -0.05) is 11.6 Å². The summed E-state index contributed by atoms with van der Waals surface area (Å²) in [7, 11) is 0. The Morgan fingerprint density at radius 2 is 1.95 bits per heavy atom. The molecule has 0 saturated carbocycles. The molecule has 0 amide bonds. The Kier molecular flexibility index (Phi) is 3.85. The number of hydrogen-bond donors (Lipinski definition) is 1. The highest BCUT2D eigenvalue weighted by Crippen LogP contribution is 2.27. The van der Waals surface area contributed by atoms with Crippen LogP contribution in [0.2, 0.25) is 0 Å². The van der Waals surface area contributed by atoms with E-state index >= 15 is 0 Å². The van der Waals surface area contributed by atoms with Gasteiger partial charge in [0.25, 0.3) is 0 Å². The highest BCUT2D eigenvalue weighted by atomic mass is 16.3. The maximum absolute atomic E-state index is 9.01. The molecule has 0 aliphatic carbocycles. The van der Waals surface area contributed by atoms with E-state index in [0.29, 0.717) is 0 Å².